The van der Waals surface area contributed by atoms with Gasteiger partial charge in [-0.3, -0.25) is 14.4 Å². The summed E-state index contributed by atoms with van der Waals surface area (Å²) in [6, 6.07) is 11.1. The molecule has 1 amide bonds. The van der Waals surface area contributed by atoms with E-state index in [4.69, 9.17) is 5.73 Å². The number of hydrogen-bond acceptors (Lipinski definition) is 7. The third-order valence-corrected chi connectivity index (χ3v) is 7.81. The summed E-state index contributed by atoms with van der Waals surface area (Å²) < 4.78 is 0. The number of benzene rings is 2. The van der Waals surface area contributed by atoms with Crippen molar-refractivity contribution < 1.29 is 34.8 Å². The molecule has 8 heteroatoms. The third kappa shape index (κ3) is 3.21. The number of rotatable bonds is 3. The molecule has 0 radical (unpaired) electrons. The van der Waals surface area contributed by atoms with Gasteiger partial charge >= 0.3 is 0 Å². The molecule has 0 aromatic heterocycles. The zero-order valence-corrected chi connectivity index (χ0v) is 19.9. The number of fused-ring (bicyclic) bond motifs is 3. The average Bonchev–Trinajstić information content (AvgIpc) is 2.81. The fourth-order valence-corrected chi connectivity index (χ4v) is 5.96. The van der Waals surface area contributed by atoms with Gasteiger partial charge in [-0.05, 0) is 53.0 Å². The highest BCUT2D eigenvalue weighted by Gasteiger charge is 2.59. The average molecular weight is 490 g/mol. The normalized spacial score (nSPS) is 25.6. The highest BCUT2D eigenvalue weighted by atomic mass is 16.3. The number of amides is 1. The van der Waals surface area contributed by atoms with Crippen LogP contribution in [0.3, 0.4) is 0 Å². The predicted molar refractivity (Wildman–Crippen MR) is 130 cm³/mol. The number of phenolic OH excluding ortho intramolecular Hbond substituents is 1. The number of aliphatic hydroxyl groups excluding tert-OH is 2. The first kappa shape index (κ1) is 23.8. The second kappa shape index (κ2) is 8.06. The Balaban J connectivity index is 1.67. The Morgan fingerprint density at radius 3 is 2.47 bits per heavy atom. The Morgan fingerprint density at radius 2 is 1.81 bits per heavy atom. The van der Waals surface area contributed by atoms with Gasteiger partial charge in [0.15, 0.2) is 11.4 Å². The minimum Gasteiger partial charge on any atom is -0.511 e. The topological polar surface area (TPSA) is 158 Å². The monoisotopic (exact) mass is 489 g/mol. The SMILES string of the molecule is CC(C)c1cccc(-c2ccc(O)c3c2C[C@H]2C[C@H]4CC(O)=C(C(N)=O)C(=O)[C@@]4(O)C(O)=C2C3=O)c1. The Kier molecular flexibility index (Phi) is 5.33. The van der Waals surface area contributed by atoms with Crippen LogP contribution in [0, 0.1) is 11.8 Å². The summed E-state index contributed by atoms with van der Waals surface area (Å²) in [5.74, 6) is -6.02. The van der Waals surface area contributed by atoms with Gasteiger partial charge in [-0.2, -0.15) is 0 Å². The maximum Gasteiger partial charge on any atom is 0.255 e. The molecule has 3 atom stereocenters. The molecule has 3 aliphatic carbocycles. The fourth-order valence-electron chi connectivity index (χ4n) is 5.96. The Labute approximate surface area is 207 Å². The summed E-state index contributed by atoms with van der Waals surface area (Å²) >= 11 is 0. The lowest BCUT2D eigenvalue weighted by molar-refractivity contribution is -0.144. The summed E-state index contributed by atoms with van der Waals surface area (Å²) in [6.45, 7) is 4.16. The molecule has 2 aromatic carbocycles. The molecule has 8 nitrogen and oxygen atoms in total. The number of carbonyl (C=O) groups is 3. The van der Waals surface area contributed by atoms with Crippen LogP contribution in [0.25, 0.3) is 11.1 Å². The predicted octanol–water partition coefficient (Wildman–Crippen LogP) is 3.37. The number of aromatic hydroxyl groups is 1. The zero-order valence-electron chi connectivity index (χ0n) is 19.9. The summed E-state index contributed by atoms with van der Waals surface area (Å²) in [4.78, 5) is 38.5. The number of hydrogen-bond donors (Lipinski definition) is 5. The van der Waals surface area contributed by atoms with Gasteiger partial charge in [0.1, 0.15) is 22.8 Å². The minimum absolute atomic E-state index is 0.0130. The smallest absolute Gasteiger partial charge is 0.255 e. The Hall–Kier alpha value is -3.91. The lowest BCUT2D eigenvalue weighted by atomic mass is 9.60. The second-order valence-corrected chi connectivity index (χ2v) is 10.2. The molecule has 0 spiro atoms. The van der Waals surface area contributed by atoms with Gasteiger partial charge in [0.25, 0.3) is 5.91 Å². The maximum absolute atomic E-state index is 13.7. The summed E-state index contributed by atoms with van der Waals surface area (Å²) in [6.07, 6.45) is 0.118. The number of carbonyl (C=O) groups excluding carboxylic acids is 3. The van der Waals surface area contributed by atoms with Crippen molar-refractivity contribution in [3.05, 3.63) is 75.8 Å². The molecule has 3 aliphatic rings. The molecule has 0 fully saturated rings. The van der Waals surface area contributed by atoms with E-state index in [1.54, 1.807) is 6.07 Å². The highest BCUT2D eigenvalue weighted by molar-refractivity contribution is 6.24. The number of Topliss-reactive ketones (excluding diaryl/α,β-unsaturated/α-hetero) is 2. The van der Waals surface area contributed by atoms with Crippen molar-refractivity contribution in [3.63, 3.8) is 0 Å². The second-order valence-electron chi connectivity index (χ2n) is 10.2. The van der Waals surface area contributed by atoms with Gasteiger partial charge in [0, 0.05) is 17.9 Å². The molecule has 0 saturated heterocycles. The van der Waals surface area contributed by atoms with Crippen LogP contribution in [0.15, 0.2) is 59.1 Å². The van der Waals surface area contributed by atoms with E-state index in [0.29, 0.717) is 5.56 Å². The number of nitrogens with two attached hydrogens (primary N) is 1. The van der Waals surface area contributed by atoms with Crippen LogP contribution in [0.5, 0.6) is 5.75 Å². The van der Waals surface area contributed by atoms with Crippen LogP contribution in [0.2, 0.25) is 0 Å². The first-order valence-electron chi connectivity index (χ1n) is 11.9. The highest BCUT2D eigenvalue weighted by Crippen LogP contribution is 2.52. The van der Waals surface area contributed by atoms with Gasteiger partial charge in [-0.25, -0.2) is 0 Å². The van der Waals surface area contributed by atoms with Crippen LogP contribution in [-0.4, -0.2) is 43.5 Å². The van der Waals surface area contributed by atoms with Crippen LogP contribution >= 0.6 is 0 Å². The van der Waals surface area contributed by atoms with Crippen LogP contribution < -0.4 is 5.73 Å². The first-order chi connectivity index (χ1) is 17.0. The van der Waals surface area contributed by atoms with E-state index < -0.39 is 52.0 Å². The number of aliphatic hydroxyl groups is 3. The molecule has 0 bridgehead atoms. The molecule has 6 N–H and O–H groups in total. The molecule has 0 saturated carbocycles. The number of allylic oxidation sites excluding steroid dienone is 2. The molecule has 0 aliphatic heterocycles. The van der Waals surface area contributed by atoms with E-state index in [2.05, 4.69) is 13.8 Å². The Bertz CT molecular complexity index is 1420. The van der Waals surface area contributed by atoms with Crippen molar-refractivity contribution in [2.75, 3.05) is 0 Å². The molecule has 36 heavy (non-hydrogen) atoms. The summed E-state index contributed by atoms with van der Waals surface area (Å²) in [5, 5.41) is 43.4. The molecule has 186 valence electrons. The standard InChI is InChI=1S/C28H27NO7/c1-12(2)13-4-3-5-14(8-13)17-6-7-19(30)22-18(17)10-15-9-16-11-20(31)23(27(29)35)26(34)28(16,36)25(33)21(15)24(22)32/h3-8,12,15-16,30-31,33,36H,9-11H2,1-2H3,(H2,29,35)/t15-,16+,28+/m1/s1. The van der Waals surface area contributed by atoms with Crippen LogP contribution in [-0.2, 0) is 16.0 Å². The van der Waals surface area contributed by atoms with Crippen molar-refractivity contribution in [1.29, 1.82) is 0 Å². The van der Waals surface area contributed by atoms with Crippen molar-refractivity contribution in [1.82, 2.24) is 0 Å². The number of ketones is 2. The van der Waals surface area contributed by atoms with E-state index in [9.17, 15) is 34.8 Å². The minimum atomic E-state index is -2.56. The van der Waals surface area contributed by atoms with E-state index in [1.165, 1.54) is 6.07 Å². The number of primary amides is 1. The zero-order chi connectivity index (χ0) is 26.1. The van der Waals surface area contributed by atoms with E-state index in [1.807, 2.05) is 24.3 Å². The molecule has 5 rings (SSSR count). The van der Waals surface area contributed by atoms with Crippen LogP contribution in [0.4, 0.5) is 0 Å². The molecular weight excluding hydrogens is 462 g/mol. The third-order valence-electron chi connectivity index (χ3n) is 7.81. The van der Waals surface area contributed by atoms with Gasteiger partial charge < -0.3 is 26.2 Å². The fraction of sp³-hybridized carbons (Fsp3) is 0.321. The molecule has 0 unspecified atom stereocenters. The quantitative estimate of drug-likeness (QED) is 0.414. The summed E-state index contributed by atoms with van der Waals surface area (Å²) in [5.41, 5.74) is 5.13. The molecule has 2 aromatic rings. The van der Waals surface area contributed by atoms with Crippen molar-refractivity contribution >= 4 is 17.5 Å². The Morgan fingerprint density at radius 1 is 1.08 bits per heavy atom. The molecular formula is C28H27NO7. The van der Waals surface area contributed by atoms with Crippen LogP contribution in [0.1, 0.15) is 54.1 Å². The maximum atomic E-state index is 13.7. The number of phenols is 1. The largest absolute Gasteiger partial charge is 0.511 e. The lowest BCUT2D eigenvalue weighted by Gasteiger charge is -2.45. The van der Waals surface area contributed by atoms with Gasteiger partial charge in [0.05, 0.1) is 5.56 Å². The van der Waals surface area contributed by atoms with E-state index in [-0.39, 0.29) is 42.1 Å². The van der Waals surface area contributed by atoms with E-state index in [0.717, 1.165) is 16.7 Å². The lowest BCUT2D eigenvalue weighted by Crippen LogP contribution is -2.57. The summed E-state index contributed by atoms with van der Waals surface area (Å²) in [7, 11) is 0. The first-order valence-corrected chi connectivity index (χ1v) is 11.9. The van der Waals surface area contributed by atoms with Gasteiger partial charge in [0.2, 0.25) is 5.78 Å². The molecule has 0 heterocycles. The van der Waals surface area contributed by atoms with E-state index >= 15 is 0 Å². The van der Waals surface area contributed by atoms with Gasteiger partial charge in [-0.1, -0.05) is 44.2 Å². The van der Waals surface area contributed by atoms with Crippen molar-refractivity contribution in [3.8, 4) is 16.9 Å². The van der Waals surface area contributed by atoms with Gasteiger partial charge in [-0.15, -0.1) is 0 Å². The van der Waals surface area contributed by atoms with Crippen molar-refractivity contribution in [2.24, 2.45) is 17.6 Å². The van der Waals surface area contributed by atoms with Crippen molar-refractivity contribution in [2.45, 2.75) is 44.6 Å².